The number of likely N-dealkylation sites (N-methyl/N-ethyl adjacent to an activating group) is 1. The van der Waals surface area contributed by atoms with Crippen molar-refractivity contribution in [2.45, 2.75) is 19.5 Å². The van der Waals surface area contributed by atoms with Gasteiger partial charge in [-0.25, -0.2) is 0 Å². The number of aryl methyl sites for hydroxylation is 1. The highest BCUT2D eigenvalue weighted by atomic mass is 16.2. The number of nitrogens with one attached hydrogen (secondary N) is 2. The van der Waals surface area contributed by atoms with Gasteiger partial charge in [0.2, 0.25) is 5.91 Å². The normalized spacial score (nSPS) is 20.7. The minimum Gasteiger partial charge on any atom is -0.351 e. The molecule has 0 bridgehead atoms. The first-order chi connectivity index (χ1) is 8.65. The lowest BCUT2D eigenvalue weighted by Crippen LogP contribution is -2.55. The topological polar surface area (TPSA) is 44.4 Å². The zero-order valence-electron chi connectivity index (χ0n) is 11.1. The lowest BCUT2D eigenvalue weighted by Gasteiger charge is -2.29. The maximum Gasteiger partial charge on any atom is 0.238 e. The van der Waals surface area contributed by atoms with Crippen molar-refractivity contribution in [1.29, 1.82) is 0 Å². The summed E-state index contributed by atoms with van der Waals surface area (Å²) in [5, 5.41) is 6.22. The second-order valence-electron chi connectivity index (χ2n) is 4.97. The molecule has 4 nitrogen and oxygen atoms in total. The maximum absolute atomic E-state index is 12.0. The Kier molecular flexibility index (Phi) is 4.33. The molecule has 18 heavy (non-hydrogen) atoms. The molecular weight excluding hydrogens is 226 g/mol. The Bertz CT molecular complexity index is 402. The van der Waals surface area contributed by atoms with Gasteiger partial charge in [-0.15, -0.1) is 0 Å². The van der Waals surface area contributed by atoms with E-state index in [4.69, 9.17) is 0 Å². The number of benzene rings is 1. The van der Waals surface area contributed by atoms with Crippen molar-refractivity contribution in [3.8, 4) is 0 Å². The highest BCUT2D eigenvalue weighted by Crippen LogP contribution is 2.03. The molecule has 0 aromatic heterocycles. The second kappa shape index (κ2) is 5.98. The van der Waals surface area contributed by atoms with Gasteiger partial charge in [0.1, 0.15) is 0 Å². The summed E-state index contributed by atoms with van der Waals surface area (Å²) in [5.74, 6) is 0.0853. The van der Waals surface area contributed by atoms with Gasteiger partial charge in [0.25, 0.3) is 0 Å². The van der Waals surface area contributed by atoms with Crippen molar-refractivity contribution in [3.63, 3.8) is 0 Å². The summed E-state index contributed by atoms with van der Waals surface area (Å²) in [6, 6.07) is 8.14. The molecule has 0 spiro atoms. The number of nitrogens with zero attached hydrogens (tertiary/aromatic N) is 1. The molecule has 0 saturated carbocycles. The predicted molar refractivity (Wildman–Crippen MR) is 72.3 cm³/mol. The molecule has 0 aliphatic carbocycles. The molecule has 98 valence electrons. The zero-order valence-corrected chi connectivity index (χ0v) is 11.1. The molecule has 1 heterocycles. The molecule has 0 radical (unpaired) electrons. The quantitative estimate of drug-likeness (QED) is 0.818. The predicted octanol–water partition coefficient (Wildman–Crippen LogP) is 0.515. The number of carbonyl (C=O) groups excluding carboxylic acids is 1. The lowest BCUT2D eigenvalue weighted by molar-refractivity contribution is -0.124. The SMILES string of the molecule is Cc1ccc(CNC(=O)C2CN(C)CCN2)cc1. The van der Waals surface area contributed by atoms with Crippen LogP contribution in [0.15, 0.2) is 24.3 Å². The van der Waals surface area contributed by atoms with Crippen molar-refractivity contribution < 1.29 is 4.79 Å². The van der Waals surface area contributed by atoms with Crippen molar-refractivity contribution in [3.05, 3.63) is 35.4 Å². The highest BCUT2D eigenvalue weighted by molar-refractivity contribution is 5.82. The van der Waals surface area contributed by atoms with Crippen LogP contribution in [0.1, 0.15) is 11.1 Å². The van der Waals surface area contributed by atoms with Crippen LogP contribution in [0, 0.1) is 6.92 Å². The molecule has 2 N–H and O–H groups in total. The van der Waals surface area contributed by atoms with Crippen LogP contribution in [0.2, 0.25) is 0 Å². The molecule has 4 heteroatoms. The average molecular weight is 247 g/mol. The molecule has 1 aromatic carbocycles. The van der Waals surface area contributed by atoms with Crippen LogP contribution in [0.3, 0.4) is 0 Å². The van der Waals surface area contributed by atoms with E-state index in [2.05, 4.69) is 46.7 Å². The van der Waals surface area contributed by atoms with Gasteiger partial charge in [-0.2, -0.15) is 0 Å². The molecule has 1 aliphatic rings. The molecule has 1 saturated heterocycles. The van der Waals surface area contributed by atoms with Gasteiger partial charge < -0.3 is 15.5 Å². The molecule has 2 rings (SSSR count). The fraction of sp³-hybridized carbons (Fsp3) is 0.500. The van der Waals surface area contributed by atoms with E-state index in [9.17, 15) is 4.79 Å². The molecule has 1 atom stereocenters. The molecule has 1 unspecified atom stereocenters. The highest BCUT2D eigenvalue weighted by Gasteiger charge is 2.22. The van der Waals surface area contributed by atoms with Gasteiger partial charge in [-0.05, 0) is 19.5 Å². The summed E-state index contributed by atoms with van der Waals surface area (Å²) < 4.78 is 0. The van der Waals surface area contributed by atoms with E-state index >= 15 is 0 Å². The summed E-state index contributed by atoms with van der Waals surface area (Å²) in [4.78, 5) is 14.2. The van der Waals surface area contributed by atoms with Crippen LogP contribution in [0.4, 0.5) is 0 Å². The van der Waals surface area contributed by atoms with Crippen molar-refractivity contribution in [2.24, 2.45) is 0 Å². The Morgan fingerprint density at radius 3 is 2.83 bits per heavy atom. The minimum atomic E-state index is -0.0887. The third kappa shape index (κ3) is 3.55. The molecule has 1 fully saturated rings. The van der Waals surface area contributed by atoms with Crippen LogP contribution >= 0.6 is 0 Å². The monoisotopic (exact) mass is 247 g/mol. The summed E-state index contributed by atoms with van der Waals surface area (Å²) in [5.41, 5.74) is 2.37. The van der Waals surface area contributed by atoms with E-state index in [0.717, 1.165) is 25.2 Å². The van der Waals surface area contributed by atoms with E-state index in [-0.39, 0.29) is 11.9 Å². The van der Waals surface area contributed by atoms with E-state index in [1.807, 2.05) is 7.05 Å². The van der Waals surface area contributed by atoms with Gasteiger partial charge in [0.05, 0.1) is 6.04 Å². The van der Waals surface area contributed by atoms with Gasteiger partial charge in [0.15, 0.2) is 0 Å². The maximum atomic E-state index is 12.0. The van der Waals surface area contributed by atoms with Crippen molar-refractivity contribution in [1.82, 2.24) is 15.5 Å². The third-order valence-corrected chi connectivity index (χ3v) is 3.28. The van der Waals surface area contributed by atoms with Crippen LogP contribution in [0.5, 0.6) is 0 Å². The standard InChI is InChI=1S/C14H21N3O/c1-11-3-5-12(6-4-11)9-16-14(18)13-10-17(2)8-7-15-13/h3-6,13,15H,7-10H2,1-2H3,(H,16,18). The molecule has 1 amide bonds. The Labute approximate surface area is 108 Å². The Morgan fingerprint density at radius 2 is 2.17 bits per heavy atom. The van der Waals surface area contributed by atoms with Crippen LogP contribution in [-0.4, -0.2) is 43.5 Å². The first kappa shape index (κ1) is 13.1. The van der Waals surface area contributed by atoms with Crippen molar-refractivity contribution in [2.75, 3.05) is 26.7 Å². The Morgan fingerprint density at radius 1 is 1.44 bits per heavy atom. The Hall–Kier alpha value is -1.39. The van der Waals surface area contributed by atoms with Crippen molar-refractivity contribution >= 4 is 5.91 Å². The van der Waals surface area contributed by atoms with Crippen LogP contribution in [0.25, 0.3) is 0 Å². The second-order valence-corrected chi connectivity index (χ2v) is 4.97. The van der Waals surface area contributed by atoms with Crippen LogP contribution in [-0.2, 0) is 11.3 Å². The van der Waals surface area contributed by atoms with E-state index in [1.54, 1.807) is 0 Å². The van der Waals surface area contributed by atoms with Crippen LogP contribution < -0.4 is 10.6 Å². The van der Waals surface area contributed by atoms with Gasteiger partial charge in [0, 0.05) is 26.2 Å². The number of carbonyl (C=O) groups is 1. The molecular formula is C14H21N3O. The number of hydrogen-bond acceptors (Lipinski definition) is 3. The van der Waals surface area contributed by atoms with Gasteiger partial charge in [-0.3, -0.25) is 4.79 Å². The first-order valence-corrected chi connectivity index (χ1v) is 6.40. The zero-order chi connectivity index (χ0) is 13.0. The number of amides is 1. The van der Waals surface area contributed by atoms with Gasteiger partial charge >= 0.3 is 0 Å². The molecule has 1 aliphatic heterocycles. The fourth-order valence-electron chi connectivity index (χ4n) is 2.09. The lowest BCUT2D eigenvalue weighted by atomic mass is 10.1. The van der Waals surface area contributed by atoms with E-state index in [0.29, 0.717) is 6.54 Å². The number of rotatable bonds is 3. The molecule has 1 aromatic rings. The summed E-state index contributed by atoms with van der Waals surface area (Å²) >= 11 is 0. The summed E-state index contributed by atoms with van der Waals surface area (Å²) in [7, 11) is 2.04. The summed E-state index contributed by atoms with van der Waals surface area (Å²) in [6.45, 7) is 5.31. The third-order valence-electron chi connectivity index (χ3n) is 3.28. The largest absolute Gasteiger partial charge is 0.351 e. The first-order valence-electron chi connectivity index (χ1n) is 6.40. The smallest absolute Gasteiger partial charge is 0.238 e. The number of hydrogen-bond donors (Lipinski definition) is 2. The van der Waals surface area contributed by atoms with Gasteiger partial charge in [-0.1, -0.05) is 29.8 Å². The average Bonchev–Trinajstić information content (AvgIpc) is 2.38. The van der Waals surface area contributed by atoms with E-state index < -0.39 is 0 Å². The Balaban J connectivity index is 1.82. The number of piperazine rings is 1. The van der Waals surface area contributed by atoms with E-state index in [1.165, 1.54) is 5.56 Å². The fourth-order valence-corrected chi connectivity index (χ4v) is 2.09. The minimum absolute atomic E-state index is 0.0853. The summed E-state index contributed by atoms with van der Waals surface area (Å²) in [6.07, 6.45) is 0.